The van der Waals surface area contributed by atoms with E-state index in [1.165, 1.54) is 43.5 Å². The number of hydrazone groups is 1. The zero-order chi connectivity index (χ0) is 28.4. The standard InChI is InChI=1S/C22H23N3O11S2/c1-12-5-10-15(16(11-12)25(28)29)23-24-22-37(30,31)18(20(26)35-3)17(13-6-8-14(34-2)9-7-13)19(21(27)36-4)38(22,32)33/h5-11,17-19,23H,1-4H3/t17?,18-,19-/m0/s1. The quantitative estimate of drug-likeness (QED) is 0.285. The first-order valence-electron chi connectivity index (χ1n) is 10.7. The molecule has 0 saturated carbocycles. The fraction of sp³-hybridized carbons (Fsp3) is 0.318. The first-order chi connectivity index (χ1) is 17.8. The molecular formula is C22H23N3O11S2. The van der Waals surface area contributed by atoms with Gasteiger partial charge in [0.25, 0.3) is 10.1 Å². The molecule has 204 valence electrons. The highest BCUT2D eigenvalue weighted by molar-refractivity contribution is 8.32. The van der Waals surface area contributed by atoms with Crippen LogP contribution < -0.4 is 10.2 Å². The molecule has 0 amide bonds. The number of benzene rings is 2. The number of sulfone groups is 2. The number of hydrogen-bond donors (Lipinski definition) is 1. The first kappa shape index (κ1) is 28.5. The number of ether oxygens (including phenoxy) is 3. The van der Waals surface area contributed by atoms with Gasteiger partial charge in [0.05, 0.1) is 26.3 Å². The summed E-state index contributed by atoms with van der Waals surface area (Å²) in [4.78, 5) is 36.3. The largest absolute Gasteiger partial charge is 0.497 e. The van der Waals surface area contributed by atoms with Crippen LogP contribution >= 0.6 is 0 Å². The second-order valence-corrected chi connectivity index (χ2v) is 12.3. The molecule has 1 saturated heterocycles. The van der Waals surface area contributed by atoms with Crippen LogP contribution in [-0.4, -0.2) is 69.9 Å². The summed E-state index contributed by atoms with van der Waals surface area (Å²) >= 11 is 0. The molecule has 1 aliphatic heterocycles. The third-order valence-corrected chi connectivity index (χ3v) is 10.7. The maximum Gasteiger partial charge on any atom is 0.325 e. The van der Waals surface area contributed by atoms with Crippen molar-refractivity contribution < 1.29 is 45.6 Å². The Kier molecular flexibility index (Phi) is 8.06. The van der Waals surface area contributed by atoms with E-state index in [0.29, 0.717) is 11.3 Å². The van der Waals surface area contributed by atoms with Crippen LogP contribution in [0.1, 0.15) is 17.0 Å². The van der Waals surface area contributed by atoms with Gasteiger partial charge in [-0.25, -0.2) is 16.8 Å². The van der Waals surface area contributed by atoms with Crippen molar-refractivity contribution in [3.8, 4) is 5.75 Å². The molecule has 1 fully saturated rings. The van der Waals surface area contributed by atoms with Gasteiger partial charge in [-0.15, -0.1) is 0 Å². The van der Waals surface area contributed by atoms with Crippen LogP contribution in [0.3, 0.4) is 0 Å². The van der Waals surface area contributed by atoms with E-state index >= 15 is 0 Å². The van der Waals surface area contributed by atoms with Crippen LogP contribution in [-0.2, 0) is 38.7 Å². The third-order valence-electron chi connectivity index (χ3n) is 5.79. The number of aryl methyl sites for hydroxylation is 1. The molecule has 14 nitrogen and oxygen atoms in total. The lowest BCUT2D eigenvalue weighted by molar-refractivity contribution is -0.384. The molecule has 16 heteroatoms. The van der Waals surface area contributed by atoms with Crippen molar-refractivity contribution in [2.75, 3.05) is 26.8 Å². The molecule has 0 bridgehead atoms. The predicted molar refractivity (Wildman–Crippen MR) is 134 cm³/mol. The van der Waals surface area contributed by atoms with Crippen LogP contribution in [0.2, 0.25) is 0 Å². The normalized spacial score (nSPS) is 21.6. The highest BCUT2D eigenvalue weighted by atomic mass is 32.3. The maximum atomic E-state index is 13.6. The Bertz CT molecular complexity index is 1460. The van der Waals surface area contributed by atoms with E-state index in [-0.39, 0.29) is 11.3 Å². The number of carbonyl (C=O) groups is 2. The van der Waals surface area contributed by atoms with Gasteiger partial charge in [0, 0.05) is 12.0 Å². The summed E-state index contributed by atoms with van der Waals surface area (Å²) in [5.41, 5.74) is 1.72. The van der Waals surface area contributed by atoms with Crippen molar-refractivity contribution in [3.63, 3.8) is 0 Å². The highest BCUT2D eigenvalue weighted by Gasteiger charge is 2.63. The summed E-state index contributed by atoms with van der Waals surface area (Å²) in [6.45, 7) is 1.57. The molecule has 0 aromatic heterocycles. The number of nitro benzene ring substituents is 1. The first-order valence-corrected chi connectivity index (χ1v) is 13.8. The SMILES string of the molecule is COC(=O)[C@@H]1C(c2ccc(OC)cc2)[C@@H](C(=O)OC)S(=O)(=O)C(=NNc2ccc(C)cc2[N+](=O)[O-])S1(=O)=O. The average Bonchev–Trinajstić information content (AvgIpc) is 2.87. The van der Waals surface area contributed by atoms with Crippen molar-refractivity contribution in [1.29, 1.82) is 0 Å². The molecule has 0 spiro atoms. The summed E-state index contributed by atoms with van der Waals surface area (Å²) in [5.74, 6) is -4.17. The Morgan fingerprint density at radius 2 is 1.45 bits per heavy atom. The van der Waals surface area contributed by atoms with E-state index in [9.17, 15) is 36.5 Å². The molecule has 0 aliphatic carbocycles. The van der Waals surface area contributed by atoms with Crippen molar-refractivity contribution in [2.24, 2.45) is 5.10 Å². The molecular weight excluding hydrogens is 546 g/mol. The topological polar surface area (TPSA) is 198 Å². The van der Waals surface area contributed by atoms with Crippen LogP contribution in [0.25, 0.3) is 0 Å². The molecule has 2 aromatic carbocycles. The molecule has 1 heterocycles. The molecule has 1 aliphatic rings. The van der Waals surface area contributed by atoms with Crippen LogP contribution in [0.4, 0.5) is 11.4 Å². The maximum absolute atomic E-state index is 13.6. The number of carbonyl (C=O) groups excluding carboxylic acids is 2. The van der Waals surface area contributed by atoms with Crippen LogP contribution in [0.15, 0.2) is 47.6 Å². The molecule has 0 radical (unpaired) electrons. The Morgan fingerprint density at radius 1 is 0.921 bits per heavy atom. The van der Waals surface area contributed by atoms with Gasteiger partial charge in [-0.2, -0.15) is 5.10 Å². The lowest BCUT2D eigenvalue weighted by Gasteiger charge is -2.35. The smallest absolute Gasteiger partial charge is 0.325 e. The minimum absolute atomic E-state index is 0.00932. The number of nitrogens with one attached hydrogen (secondary N) is 1. The van der Waals surface area contributed by atoms with Gasteiger partial charge in [-0.3, -0.25) is 25.1 Å². The number of esters is 2. The monoisotopic (exact) mass is 569 g/mol. The van der Waals surface area contributed by atoms with Crippen molar-refractivity contribution >= 4 is 47.4 Å². The van der Waals surface area contributed by atoms with Gasteiger partial charge in [0.1, 0.15) is 11.4 Å². The Hall–Kier alpha value is -4.05. The van der Waals surface area contributed by atoms with E-state index in [2.05, 4.69) is 20.0 Å². The van der Waals surface area contributed by atoms with E-state index in [0.717, 1.165) is 20.3 Å². The molecule has 1 N–H and O–H groups in total. The zero-order valence-electron chi connectivity index (χ0n) is 20.5. The summed E-state index contributed by atoms with van der Waals surface area (Å²) < 4.78 is 67.3. The lowest BCUT2D eigenvalue weighted by Crippen LogP contribution is -2.58. The fourth-order valence-electron chi connectivity index (χ4n) is 4.00. The van der Waals surface area contributed by atoms with Gasteiger partial charge in [0.2, 0.25) is 19.7 Å². The van der Waals surface area contributed by atoms with E-state index in [1.807, 2.05) is 0 Å². The fourth-order valence-corrected chi connectivity index (χ4v) is 8.90. The molecule has 38 heavy (non-hydrogen) atoms. The number of nitro groups is 1. The van der Waals surface area contributed by atoms with Gasteiger partial charge in [-0.1, -0.05) is 18.2 Å². The van der Waals surface area contributed by atoms with Crippen LogP contribution in [0, 0.1) is 17.0 Å². The van der Waals surface area contributed by atoms with Crippen molar-refractivity contribution in [3.05, 3.63) is 63.7 Å². The molecule has 2 atom stereocenters. The number of anilines is 1. The van der Waals surface area contributed by atoms with Gasteiger partial charge < -0.3 is 14.2 Å². The van der Waals surface area contributed by atoms with E-state index in [1.54, 1.807) is 6.92 Å². The Labute approximate surface area is 217 Å². The molecule has 3 rings (SSSR count). The van der Waals surface area contributed by atoms with Gasteiger partial charge in [0.15, 0.2) is 10.5 Å². The number of methoxy groups -OCH3 is 3. The summed E-state index contributed by atoms with van der Waals surface area (Å²) in [6.07, 6.45) is 0. The molecule has 0 unspecified atom stereocenters. The Balaban J connectivity index is 2.29. The summed E-state index contributed by atoms with van der Waals surface area (Å²) in [6, 6.07) is 9.16. The minimum Gasteiger partial charge on any atom is -0.497 e. The van der Waals surface area contributed by atoms with E-state index < -0.39 is 63.0 Å². The number of nitrogens with zero attached hydrogens (tertiary/aromatic N) is 2. The van der Waals surface area contributed by atoms with E-state index in [4.69, 9.17) is 4.74 Å². The summed E-state index contributed by atoms with van der Waals surface area (Å²) in [7, 11) is -7.18. The minimum atomic E-state index is -5.17. The molecule has 2 aromatic rings. The predicted octanol–water partition coefficient (Wildman–Crippen LogP) is 1.30. The second-order valence-electron chi connectivity index (χ2n) is 8.04. The lowest BCUT2D eigenvalue weighted by atomic mass is 9.91. The average molecular weight is 570 g/mol. The summed E-state index contributed by atoms with van der Waals surface area (Å²) in [5, 5.41) is 10.4. The zero-order valence-corrected chi connectivity index (χ0v) is 22.1. The second kappa shape index (κ2) is 10.7. The highest BCUT2D eigenvalue weighted by Crippen LogP contribution is 2.41. The van der Waals surface area contributed by atoms with Gasteiger partial charge in [-0.05, 0) is 36.2 Å². The van der Waals surface area contributed by atoms with Crippen molar-refractivity contribution in [1.82, 2.24) is 0 Å². The van der Waals surface area contributed by atoms with Gasteiger partial charge >= 0.3 is 11.9 Å². The van der Waals surface area contributed by atoms with Crippen molar-refractivity contribution in [2.45, 2.75) is 23.3 Å². The third kappa shape index (κ3) is 5.04. The number of rotatable bonds is 7. The van der Waals surface area contributed by atoms with Crippen LogP contribution in [0.5, 0.6) is 5.75 Å². The number of hydrogen-bond acceptors (Lipinski definition) is 13. The Morgan fingerprint density at radius 3 is 1.89 bits per heavy atom.